The van der Waals surface area contributed by atoms with Crippen LogP contribution in [0.4, 0.5) is 5.69 Å². The highest BCUT2D eigenvalue weighted by Crippen LogP contribution is 2.33. The van der Waals surface area contributed by atoms with E-state index in [4.69, 9.17) is 32.7 Å². The van der Waals surface area contributed by atoms with Gasteiger partial charge < -0.3 is 14.8 Å². The number of para-hydroxylation sites is 1. The van der Waals surface area contributed by atoms with Crippen molar-refractivity contribution in [3.63, 3.8) is 0 Å². The molecule has 0 amide bonds. The van der Waals surface area contributed by atoms with Crippen LogP contribution in [0.15, 0.2) is 60.7 Å². The second-order valence-electron chi connectivity index (χ2n) is 6.20. The van der Waals surface area contributed by atoms with Gasteiger partial charge in [-0.2, -0.15) is 0 Å². The van der Waals surface area contributed by atoms with Gasteiger partial charge >= 0.3 is 0 Å². The zero-order valence-corrected chi connectivity index (χ0v) is 16.8. The highest BCUT2D eigenvalue weighted by molar-refractivity contribution is 6.35. The molecule has 0 heterocycles. The minimum absolute atomic E-state index is 0.464. The SMILES string of the molecule is COc1cccc(CNc2cc(Cl)ccc2Cl)c1OCc1ccc(C)cc1. The number of halogens is 2. The molecule has 5 heteroatoms. The van der Waals surface area contributed by atoms with Gasteiger partial charge in [0.05, 0.1) is 17.8 Å². The Labute approximate surface area is 169 Å². The molecule has 3 rings (SSSR count). The fraction of sp³-hybridized carbons (Fsp3) is 0.182. The van der Waals surface area contributed by atoms with E-state index >= 15 is 0 Å². The van der Waals surface area contributed by atoms with E-state index in [0.29, 0.717) is 34.7 Å². The summed E-state index contributed by atoms with van der Waals surface area (Å²) in [4.78, 5) is 0. The third kappa shape index (κ3) is 5.09. The van der Waals surface area contributed by atoms with Crippen LogP contribution in [-0.4, -0.2) is 7.11 Å². The van der Waals surface area contributed by atoms with E-state index in [0.717, 1.165) is 16.8 Å². The molecule has 0 aliphatic carbocycles. The molecule has 0 saturated heterocycles. The molecule has 0 atom stereocenters. The first-order chi connectivity index (χ1) is 13.1. The zero-order valence-electron chi connectivity index (χ0n) is 15.3. The maximum atomic E-state index is 6.24. The maximum Gasteiger partial charge on any atom is 0.166 e. The Bertz CT molecular complexity index is 911. The molecule has 0 aromatic heterocycles. The Morgan fingerprint density at radius 2 is 1.74 bits per heavy atom. The summed E-state index contributed by atoms with van der Waals surface area (Å²) in [5.74, 6) is 1.41. The Morgan fingerprint density at radius 1 is 0.963 bits per heavy atom. The summed E-state index contributed by atoms with van der Waals surface area (Å²) in [7, 11) is 1.64. The molecule has 27 heavy (non-hydrogen) atoms. The lowest BCUT2D eigenvalue weighted by atomic mass is 10.1. The highest BCUT2D eigenvalue weighted by Gasteiger charge is 2.12. The van der Waals surface area contributed by atoms with Crippen LogP contribution in [0.25, 0.3) is 0 Å². The summed E-state index contributed by atoms with van der Waals surface area (Å²) in [6.07, 6.45) is 0. The molecule has 0 radical (unpaired) electrons. The molecule has 0 saturated carbocycles. The first-order valence-corrected chi connectivity index (χ1v) is 9.35. The van der Waals surface area contributed by atoms with Crippen LogP contribution in [0.1, 0.15) is 16.7 Å². The molecule has 3 aromatic rings. The smallest absolute Gasteiger partial charge is 0.166 e. The van der Waals surface area contributed by atoms with Crippen molar-refractivity contribution in [1.29, 1.82) is 0 Å². The monoisotopic (exact) mass is 401 g/mol. The number of hydrogen-bond acceptors (Lipinski definition) is 3. The van der Waals surface area contributed by atoms with Crippen LogP contribution in [0.2, 0.25) is 10.0 Å². The summed E-state index contributed by atoms with van der Waals surface area (Å²) in [5, 5.41) is 4.56. The van der Waals surface area contributed by atoms with Gasteiger partial charge in [0.25, 0.3) is 0 Å². The van der Waals surface area contributed by atoms with Crippen LogP contribution < -0.4 is 14.8 Å². The van der Waals surface area contributed by atoms with E-state index in [1.165, 1.54) is 5.56 Å². The number of ether oxygens (including phenoxy) is 2. The van der Waals surface area contributed by atoms with Gasteiger partial charge in [-0.1, -0.05) is 65.2 Å². The maximum absolute atomic E-state index is 6.24. The van der Waals surface area contributed by atoms with Crippen LogP contribution in [0.5, 0.6) is 11.5 Å². The zero-order chi connectivity index (χ0) is 19.2. The van der Waals surface area contributed by atoms with E-state index in [1.54, 1.807) is 25.3 Å². The van der Waals surface area contributed by atoms with E-state index < -0.39 is 0 Å². The largest absolute Gasteiger partial charge is 0.493 e. The number of aryl methyl sites for hydroxylation is 1. The van der Waals surface area contributed by atoms with Gasteiger partial charge in [-0.15, -0.1) is 0 Å². The molecule has 0 spiro atoms. The van der Waals surface area contributed by atoms with E-state index in [1.807, 2.05) is 18.2 Å². The summed E-state index contributed by atoms with van der Waals surface area (Å²) >= 11 is 12.3. The fourth-order valence-corrected chi connectivity index (χ4v) is 3.04. The van der Waals surface area contributed by atoms with Crippen molar-refractivity contribution in [2.75, 3.05) is 12.4 Å². The minimum Gasteiger partial charge on any atom is -0.493 e. The minimum atomic E-state index is 0.464. The van der Waals surface area contributed by atoms with Crippen molar-refractivity contribution >= 4 is 28.9 Å². The van der Waals surface area contributed by atoms with Crippen molar-refractivity contribution in [3.05, 3.63) is 87.4 Å². The molecular formula is C22H21Cl2NO2. The fourth-order valence-electron chi connectivity index (χ4n) is 2.69. The van der Waals surface area contributed by atoms with Crippen molar-refractivity contribution in [3.8, 4) is 11.5 Å². The Balaban J connectivity index is 1.78. The highest BCUT2D eigenvalue weighted by atomic mass is 35.5. The predicted octanol–water partition coefficient (Wildman–Crippen LogP) is 6.50. The van der Waals surface area contributed by atoms with Crippen molar-refractivity contribution in [2.24, 2.45) is 0 Å². The molecule has 0 aliphatic heterocycles. The summed E-state index contributed by atoms with van der Waals surface area (Å²) in [6, 6.07) is 19.4. The first-order valence-electron chi connectivity index (χ1n) is 8.60. The van der Waals surface area contributed by atoms with E-state index in [-0.39, 0.29) is 0 Å². The van der Waals surface area contributed by atoms with Crippen LogP contribution in [-0.2, 0) is 13.2 Å². The molecule has 0 unspecified atom stereocenters. The second kappa shape index (κ2) is 9.03. The number of rotatable bonds is 7. The van der Waals surface area contributed by atoms with Gasteiger partial charge in [0.2, 0.25) is 0 Å². The van der Waals surface area contributed by atoms with E-state index in [2.05, 4.69) is 36.5 Å². The number of nitrogens with one attached hydrogen (secondary N) is 1. The Kier molecular flexibility index (Phi) is 6.49. The van der Waals surface area contributed by atoms with Crippen molar-refractivity contribution in [1.82, 2.24) is 0 Å². The topological polar surface area (TPSA) is 30.5 Å². The van der Waals surface area contributed by atoms with Crippen LogP contribution in [0.3, 0.4) is 0 Å². The molecule has 1 N–H and O–H groups in total. The summed E-state index contributed by atoms with van der Waals surface area (Å²) in [6.45, 7) is 3.06. The number of benzene rings is 3. The molecule has 0 bridgehead atoms. The van der Waals surface area contributed by atoms with Crippen molar-refractivity contribution < 1.29 is 9.47 Å². The standard InChI is InChI=1S/C22H21Cl2NO2/c1-15-6-8-16(9-7-15)14-27-22-17(4-3-5-21(22)26-2)13-25-20-12-18(23)10-11-19(20)24/h3-12,25H,13-14H2,1-2H3. The summed E-state index contributed by atoms with van der Waals surface area (Å²) in [5.41, 5.74) is 4.07. The second-order valence-corrected chi connectivity index (χ2v) is 7.04. The lowest BCUT2D eigenvalue weighted by Gasteiger charge is -2.16. The average Bonchev–Trinajstić information content (AvgIpc) is 2.68. The Morgan fingerprint density at radius 3 is 2.48 bits per heavy atom. The van der Waals surface area contributed by atoms with Crippen LogP contribution >= 0.6 is 23.2 Å². The average molecular weight is 402 g/mol. The van der Waals surface area contributed by atoms with Gasteiger partial charge in [-0.3, -0.25) is 0 Å². The first kappa shape index (κ1) is 19.4. The number of methoxy groups -OCH3 is 1. The third-order valence-corrected chi connectivity index (χ3v) is 4.75. The van der Waals surface area contributed by atoms with Gasteiger partial charge in [0.1, 0.15) is 6.61 Å². The van der Waals surface area contributed by atoms with Gasteiger partial charge in [0, 0.05) is 17.1 Å². The van der Waals surface area contributed by atoms with Crippen molar-refractivity contribution in [2.45, 2.75) is 20.1 Å². The molecule has 3 nitrogen and oxygen atoms in total. The number of hydrogen-bond donors (Lipinski definition) is 1. The molecule has 3 aromatic carbocycles. The lowest BCUT2D eigenvalue weighted by Crippen LogP contribution is -2.05. The molecule has 0 aliphatic rings. The van der Waals surface area contributed by atoms with Gasteiger partial charge in [-0.25, -0.2) is 0 Å². The molecule has 0 fully saturated rings. The molecule has 140 valence electrons. The quantitative estimate of drug-likeness (QED) is 0.489. The Hall–Kier alpha value is -2.36. The summed E-state index contributed by atoms with van der Waals surface area (Å²) < 4.78 is 11.6. The lowest BCUT2D eigenvalue weighted by molar-refractivity contribution is 0.281. The normalized spacial score (nSPS) is 10.5. The molecular weight excluding hydrogens is 381 g/mol. The van der Waals surface area contributed by atoms with Crippen LogP contribution in [0, 0.1) is 6.92 Å². The van der Waals surface area contributed by atoms with Gasteiger partial charge in [-0.05, 0) is 36.8 Å². The predicted molar refractivity (Wildman–Crippen MR) is 112 cm³/mol. The van der Waals surface area contributed by atoms with Gasteiger partial charge in [0.15, 0.2) is 11.5 Å². The third-order valence-electron chi connectivity index (χ3n) is 4.18. The van der Waals surface area contributed by atoms with E-state index in [9.17, 15) is 0 Å². The number of anilines is 1.